The summed E-state index contributed by atoms with van der Waals surface area (Å²) in [6, 6.07) is 12.2. The van der Waals surface area contributed by atoms with Crippen molar-refractivity contribution >= 4 is 27.5 Å². The van der Waals surface area contributed by atoms with Gasteiger partial charge < -0.3 is 16.0 Å². The molecule has 0 saturated carbocycles. The number of H-pyrrole nitrogens is 2. The Labute approximate surface area is 209 Å². The Bertz CT molecular complexity index is 1600. The van der Waals surface area contributed by atoms with Gasteiger partial charge in [-0.2, -0.15) is 5.10 Å². The van der Waals surface area contributed by atoms with Gasteiger partial charge in [0.1, 0.15) is 0 Å². The highest BCUT2D eigenvalue weighted by Crippen LogP contribution is 2.32. The number of nitrogens with zero attached hydrogens (tertiary/aromatic N) is 4. The zero-order valence-corrected chi connectivity index (χ0v) is 20.4. The molecule has 5 heterocycles. The maximum absolute atomic E-state index is 6.04. The number of nitrogens with one attached hydrogen (secondary N) is 3. The van der Waals surface area contributed by atoms with Crippen LogP contribution >= 0.6 is 0 Å². The molecule has 8 heteroatoms. The number of nitrogens with two attached hydrogens (primary N) is 1. The minimum absolute atomic E-state index is 0.292. The first kappa shape index (κ1) is 23.0. The first-order valence-corrected chi connectivity index (χ1v) is 11.8. The quantitative estimate of drug-likeness (QED) is 0.236. The van der Waals surface area contributed by atoms with Gasteiger partial charge in [-0.15, -0.1) is 0 Å². The molecule has 8 nitrogen and oxygen atoms in total. The monoisotopic (exact) mass is 476 g/mol. The van der Waals surface area contributed by atoms with E-state index in [1.165, 1.54) is 0 Å². The van der Waals surface area contributed by atoms with Crippen molar-refractivity contribution in [3.63, 3.8) is 0 Å². The van der Waals surface area contributed by atoms with E-state index in [9.17, 15) is 0 Å². The van der Waals surface area contributed by atoms with E-state index < -0.39 is 0 Å². The molecule has 0 unspecified atom stereocenters. The molecule has 5 aromatic heterocycles. The molecular formula is C28H28N8. The summed E-state index contributed by atoms with van der Waals surface area (Å²) in [6.45, 7) is 6.19. The molecule has 5 aromatic rings. The fraction of sp³-hybridized carbons (Fsp3) is 0.143. The predicted octanol–water partition coefficient (Wildman–Crippen LogP) is 5.32. The summed E-state index contributed by atoms with van der Waals surface area (Å²) in [5.41, 5.74) is 13.7. The molecular weight excluding hydrogens is 448 g/mol. The van der Waals surface area contributed by atoms with E-state index in [0.29, 0.717) is 11.7 Å². The Morgan fingerprint density at radius 1 is 1.06 bits per heavy atom. The molecule has 36 heavy (non-hydrogen) atoms. The third-order valence-electron chi connectivity index (χ3n) is 5.76. The van der Waals surface area contributed by atoms with E-state index in [-0.39, 0.29) is 0 Å². The molecule has 180 valence electrons. The molecule has 0 radical (unpaired) electrons. The third-order valence-corrected chi connectivity index (χ3v) is 5.76. The lowest BCUT2D eigenvalue weighted by Crippen LogP contribution is -2.21. The zero-order chi connectivity index (χ0) is 25.1. The zero-order valence-electron chi connectivity index (χ0n) is 20.4. The Kier molecular flexibility index (Phi) is 6.32. The molecule has 0 aliphatic carbocycles. The van der Waals surface area contributed by atoms with Gasteiger partial charge in [0.15, 0.2) is 5.65 Å². The second kappa shape index (κ2) is 9.87. The lowest BCUT2D eigenvalue weighted by molar-refractivity contribution is 0.681. The Morgan fingerprint density at radius 2 is 1.94 bits per heavy atom. The second-order valence-corrected chi connectivity index (χ2v) is 8.73. The third kappa shape index (κ3) is 4.48. The summed E-state index contributed by atoms with van der Waals surface area (Å²) in [5.74, 6) is 0. The number of rotatable bonds is 7. The lowest BCUT2D eigenvalue weighted by atomic mass is 10.0. The Morgan fingerprint density at radius 3 is 2.69 bits per heavy atom. The molecule has 0 aliphatic heterocycles. The van der Waals surface area contributed by atoms with Crippen LogP contribution in [0.1, 0.15) is 26.3 Å². The van der Waals surface area contributed by atoms with Crippen molar-refractivity contribution in [1.29, 1.82) is 0 Å². The molecule has 5 rings (SSSR count). The van der Waals surface area contributed by atoms with Crippen LogP contribution in [0.3, 0.4) is 0 Å². The smallest absolute Gasteiger partial charge is 0.181 e. The van der Waals surface area contributed by atoms with Crippen LogP contribution in [0.2, 0.25) is 0 Å². The van der Waals surface area contributed by atoms with Crippen LogP contribution in [0.5, 0.6) is 0 Å². The van der Waals surface area contributed by atoms with Gasteiger partial charge in [-0.3, -0.25) is 15.1 Å². The van der Waals surface area contributed by atoms with Crippen LogP contribution in [0, 0.1) is 0 Å². The summed E-state index contributed by atoms with van der Waals surface area (Å²) >= 11 is 0. The van der Waals surface area contributed by atoms with E-state index in [2.05, 4.69) is 61.4 Å². The molecule has 0 amide bonds. The number of aromatic nitrogens is 6. The number of allylic oxidation sites excluding steroid dienone is 4. The summed E-state index contributed by atoms with van der Waals surface area (Å²) in [6.07, 6.45) is 13.0. The molecule has 5 N–H and O–H groups in total. The van der Waals surface area contributed by atoms with E-state index in [4.69, 9.17) is 5.73 Å². The fourth-order valence-electron chi connectivity index (χ4n) is 4.20. The van der Waals surface area contributed by atoms with Crippen molar-refractivity contribution in [1.82, 2.24) is 35.5 Å². The maximum Gasteiger partial charge on any atom is 0.181 e. The summed E-state index contributed by atoms with van der Waals surface area (Å²) < 4.78 is 0. The van der Waals surface area contributed by atoms with Crippen LogP contribution in [0.15, 0.2) is 85.1 Å². The average Bonchev–Trinajstić information content (AvgIpc) is 3.51. The van der Waals surface area contributed by atoms with Gasteiger partial charge >= 0.3 is 0 Å². The molecule has 0 aliphatic rings. The van der Waals surface area contributed by atoms with Crippen molar-refractivity contribution in [2.45, 2.75) is 26.8 Å². The summed E-state index contributed by atoms with van der Waals surface area (Å²) in [5, 5.41) is 12.9. The minimum Gasteiger partial charge on any atom is -0.404 e. The van der Waals surface area contributed by atoms with E-state index in [1.807, 2.05) is 49.4 Å². The van der Waals surface area contributed by atoms with Crippen LogP contribution < -0.4 is 11.1 Å². The summed E-state index contributed by atoms with van der Waals surface area (Å²) in [7, 11) is 0. The number of fused-ring (bicyclic) bond motifs is 2. The maximum atomic E-state index is 6.04. The Hall–Kier alpha value is -4.72. The van der Waals surface area contributed by atoms with Crippen molar-refractivity contribution in [2.24, 2.45) is 5.73 Å². The van der Waals surface area contributed by atoms with Crippen molar-refractivity contribution in [3.05, 3.63) is 90.7 Å². The van der Waals surface area contributed by atoms with Crippen LogP contribution in [-0.4, -0.2) is 36.2 Å². The molecule has 0 fully saturated rings. The number of aromatic amines is 2. The molecule has 0 bridgehead atoms. The SMILES string of the molecule is CC=C/C(=C\C(=C/N)c1cnc2n[nH]c(-c3cc4c(-c5ccccn5)nccc4[nH]3)c2c1)NC(C)C. The number of hydrogen-bond acceptors (Lipinski definition) is 6. The molecule has 0 atom stereocenters. The van der Waals surface area contributed by atoms with Crippen LogP contribution in [-0.2, 0) is 0 Å². The topological polar surface area (TPSA) is 121 Å². The molecule has 0 spiro atoms. The molecule has 0 aromatic carbocycles. The first-order chi connectivity index (χ1) is 17.6. The van der Waals surface area contributed by atoms with Gasteiger partial charge in [0, 0.05) is 64.0 Å². The normalized spacial score (nSPS) is 12.9. The highest BCUT2D eigenvalue weighted by molar-refractivity contribution is 5.99. The second-order valence-electron chi connectivity index (χ2n) is 8.73. The highest BCUT2D eigenvalue weighted by atomic mass is 15.2. The van der Waals surface area contributed by atoms with E-state index >= 15 is 0 Å². The first-order valence-electron chi connectivity index (χ1n) is 11.8. The van der Waals surface area contributed by atoms with E-state index in [0.717, 1.165) is 55.9 Å². The van der Waals surface area contributed by atoms with Crippen molar-refractivity contribution in [2.75, 3.05) is 0 Å². The van der Waals surface area contributed by atoms with Gasteiger partial charge in [-0.25, -0.2) is 4.98 Å². The minimum atomic E-state index is 0.292. The van der Waals surface area contributed by atoms with Gasteiger partial charge in [0.25, 0.3) is 0 Å². The van der Waals surface area contributed by atoms with E-state index in [1.54, 1.807) is 24.8 Å². The molecule has 0 saturated heterocycles. The van der Waals surface area contributed by atoms with Gasteiger partial charge in [0.05, 0.1) is 22.8 Å². The van der Waals surface area contributed by atoms with Crippen molar-refractivity contribution in [3.8, 4) is 22.8 Å². The van der Waals surface area contributed by atoms with Crippen LogP contribution in [0.4, 0.5) is 0 Å². The summed E-state index contributed by atoms with van der Waals surface area (Å²) in [4.78, 5) is 17.1. The Balaban J connectivity index is 1.59. The number of pyridine rings is 3. The van der Waals surface area contributed by atoms with Gasteiger partial charge in [0.2, 0.25) is 0 Å². The van der Waals surface area contributed by atoms with Gasteiger partial charge in [-0.05, 0) is 63.3 Å². The largest absolute Gasteiger partial charge is 0.404 e. The predicted molar refractivity (Wildman–Crippen MR) is 146 cm³/mol. The highest BCUT2D eigenvalue weighted by Gasteiger charge is 2.16. The standard InChI is InChI=1S/C28H28N8/c1-4-7-20(33-17(2)3)12-18(15-29)19-13-22-27(35-36-28(22)32-16-19)25-14-21-23(34-25)9-11-31-26(21)24-8-5-6-10-30-24/h4-17,33-34H,29H2,1-3H3,(H,32,35,36)/b7-4?,18-15+,20-12+. The van der Waals surface area contributed by atoms with Crippen molar-refractivity contribution < 1.29 is 0 Å². The van der Waals surface area contributed by atoms with Crippen LogP contribution in [0.25, 0.3) is 50.3 Å². The average molecular weight is 477 g/mol. The lowest BCUT2D eigenvalue weighted by Gasteiger charge is -2.12. The fourth-order valence-corrected chi connectivity index (χ4v) is 4.20. The van der Waals surface area contributed by atoms with Gasteiger partial charge in [-0.1, -0.05) is 12.1 Å². The number of hydrogen-bond donors (Lipinski definition) is 4.